The van der Waals surface area contributed by atoms with E-state index in [1.165, 1.54) is 11.3 Å². The zero-order chi connectivity index (χ0) is 23.3. The summed E-state index contributed by atoms with van der Waals surface area (Å²) in [6.07, 6.45) is 1.49. The molecular weight excluding hydrogens is 424 g/mol. The van der Waals surface area contributed by atoms with Crippen LogP contribution in [0.15, 0.2) is 78.9 Å². The Morgan fingerprint density at radius 2 is 1.44 bits per heavy atom. The van der Waals surface area contributed by atoms with E-state index in [0.29, 0.717) is 12.0 Å². The van der Waals surface area contributed by atoms with Gasteiger partial charge in [0.05, 0.1) is 0 Å². The number of rotatable bonds is 6. The lowest BCUT2D eigenvalue weighted by atomic mass is 10.1. The van der Waals surface area contributed by atoms with Gasteiger partial charge in [0.1, 0.15) is 0 Å². The predicted molar refractivity (Wildman–Crippen MR) is 136 cm³/mol. The number of carbonyl (C=O) groups excluding carboxylic acids is 2. The highest BCUT2D eigenvalue weighted by Crippen LogP contribution is 2.23. The van der Waals surface area contributed by atoms with E-state index in [4.69, 9.17) is 0 Å². The van der Waals surface area contributed by atoms with Gasteiger partial charge in [-0.15, -0.1) is 0 Å². The fraction of sp³-hybridized carbons (Fsp3) is 0.286. The highest BCUT2D eigenvalue weighted by Gasteiger charge is 2.22. The molecule has 5 rings (SSSR count). The number of hydrogen-bond donors (Lipinski definition) is 1. The molecule has 0 unspecified atom stereocenters. The summed E-state index contributed by atoms with van der Waals surface area (Å²) in [6, 6.07) is 25.9. The summed E-state index contributed by atoms with van der Waals surface area (Å²) in [5, 5.41) is 2.97. The van der Waals surface area contributed by atoms with Gasteiger partial charge in [0.2, 0.25) is 5.91 Å². The van der Waals surface area contributed by atoms with Crippen molar-refractivity contribution in [2.75, 3.05) is 47.8 Å². The summed E-state index contributed by atoms with van der Waals surface area (Å²) in [7, 11) is 0. The van der Waals surface area contributed by atoms with Gasteiger partial charge in [-0.2, -0.15) is 0 Å². The molecule has 2 heterocycles. The molecule has 3 aromatic rings. The number of nitrogens with zero attached hydrogens (tertiary/aromatic N) is 3. The van der Waals surface area contributed by atoms with Crippen molar-refractivity contribution >= 4 is 28.9 Å². The molecule has 174 valence electrons. The van der Waals surface area contributed by atoms with Crippen molar-refractivity contribution in [3.8, 4) is 0 Å². The summed E-state index contributed by atoms with van der Waals surface area (Å²) in [4.78, 5) is 31.2. The zero-order valence-corrected chi connectivity index (χ0v) is 19.3. The van der Waals surface area contributed by atoms with E-state index in [1.54, 1.807) is 17.0 Å². The molecule has 2 amide bonds. The van der Waals surface area contributed by atoms with Gasteiger partial charge in [-0.25, -0.2) is 0 Å². The van der Waals surface area contributed by atoms with E-state index in [0.717, 1.165) is 57.1 Å². The predicted octanol–water partition coefficient (Wildman–Crippen LogP) is 4.39. The standard InChI is InChI=1S/C28H30N4O2/c33-27-7-4-16-32(27)26-12-8-23(9-13-26)28(34)29-24-10-14-25(15-11-24)31-19-17-30(18-20-31)21-22-5-2-1-3-6-22/h1-3,5-6,8-15H,4,7,16-21H2,(H,29,34). The van der Waals surface area contributed by atoms with Crippen molar-refractivity contribution in [1.29, 1.82) is 0 Å². The molecule has 6 heteroatoms. The number of carbonyl (C=O) groups is 2. The van der Waals surface area contributed by atoms with Crippen LogP contribution >= 0.6 is 0 Å². The van der Waals surface area contributed by atoms with E-state index < -0.39 is 0 Å². The molecule has 6 nitrogen and oxygen atoms in total. The Morgan fingerprint density at radius 1 is 0.765 bits per heavy atom. The van der Waals surface area contributed by atoms with Gasteiger partial charge in [0.15, 0.2) is 0 Å². The van der Waals surface area contributed by atoms with Gasteiger partial charge < -0.3 is 15.1 Å². The first-order valence-electron chi connectivity index (χ1n) is 12.0. The van der Waals surface area contributed by atoms with Crippen LogP contribution < -0.4 is 15.1 Å². The first-order chi connectivity index (χ1) is 16.7. The molecule has 3 aromatic carbocycles. The Morgan fingerprint density at radius 3 is 2.09 bits per heavy atom. The molecule has 2 saturated heterocycles. The van der Waals surface area contributed by atoms with Crippen molar-refractivity contribution in [3.05, 3.63) is 90.0 Å². The molecular formula is C28H30N4O2. The zero-order valence-electron chi connectivity index (χ0n) is 19.3. The Labute approximate surface area is 200 Å². The SMILES string of the molecule is O=C(Nc1ccc(N2CCN(Cc3ccccc3)CC2)cc1)c1ccc(N2CCCC2=O)cc1. The van der Waals surface area contributed by atoms with Crippen molar-refractivity contribution < 1.29 is 9.59 Å². The van der Waals surface area contributed by atoms with Gasteiger partial charge in [-0.05, 0) is 60.5 Å². The van der Waals surface area contributed by atoms with Crippen LogP contribution in [0.25, 0.3) is 0 Å². The molecule has 0 saturated carbocycles. The van der Waals surface area contributed by atoms with Gasteiger partial charge in [-0.1, -0.05) is 30.3 Å². The topological polar surface area (TPSA) is 55.9 Å². The third-order valence-corrected chi connectivity index (χ3v) is 6.63. The van der Waals surface area contributed by atoms with Crippen LogP contribution in [0.2, 0.25) is 0 Å². The second-order valence-corrected chi connectivity index (χ2v) is 8.95. The van der Waals surface area contributed by atoms with Crippen LogP contribution in [-0.4, -0.2) is 49.4 Å². The molecule has 0 bridgehead atoms. The van der Waals surface area contributed by atoms with E-state index in [2.05, 4.69) is 57.6 Å². The number of anilines is 3. The third-order valence-electron chi connectivity index (χ3n) is 6.63. The molecule has 0 atom stereocenters. The Hall–Kier alpha value is -3.64. The minimum atomic E-state index is -0.151. The van der Waals surface area contributed by atoms with Crippen molar-refractivity contribution in [1.82, 2.24) is 4.90 Å². The van der Waals surface area contributed by atoms with E-state index in [1.807, 2.05) is 24.3 Å². The highest BCUT2D eigenvalue weighted by molar-refractivity contribution is 6.05. The van der Waals surface area contributed by atoms with Gasteiger partial charge in [0.25, 0.3) is 5.91 Å². The van der Waals surface area contributed by atoms with E-state index >= 15 is 0 Å². The van der Waals surface area contributed by atoms with Crippen molar-refractivity contribution in [3.63, 3.8) is 0 Å². The van der Waals surface area contributed by atoms with Crippen LogP contribution in [0.4, 0.5) is 17.1 Å². The Bertz CT molecular complexity index is 1120. The van der Waals surface area contributed by atoms with Crippen molar-refractivity contribution in [2.24, 2.45) is 0 Å². The van der Waals surface area contributed by atoms with E-state index in [-0.39, 0.29) is 11.8 Å². The molecule has 1 N–H and O–H groups in total. The van der Waals surface area contributed by atoms with Crippen LogP contribution in [0.1, 0.15) is 28.8 Å². The summed E-state index contributed by atoms with van der Waals surface area (Å²) in [5.41, 5.74) is 4.74. The fourth-order valence-corrected chi connectivity index (χ4v) is 4.68. The lowest BCUT2D eigenvalue weighted by Gasteiger charge is -2.36. The van der Waals surface area contributed by atoms with Crippen LogP contribution in [-0.2, 0) is 11.3 Å². The lowest BCUT2D eigenvalue weighted by Crippen LogP contribution is -2.45. The van der Waals surface area contributed by atoms with Crippen LogP contribution in [0.5, 0.6) is 0 Å². The van der Waals surface area contributed by atoms with Gasteiger partial charge >= 0.3 is 0 Å². The maximum Gasteiger partial charge on any atom is 0.255 e. The average Bonchev–Trinajstić information content (AvgIpc) is 3.31. The van der Waals surface area contributed by atoms with Gasteiger partial charge in [-0.3, -0.25) is 14.5 Å². The highest BCUT2D eigenvalue weighted by atomic mass is 16.2. The number of hydrogen-bond acceptors (Lipinski definition) is 4. The molecule has 2 fully saturated rings. The second kappa shape index (κ2) is 10.1. The van der Waals surface area contributed by atoms with Crippen molar-refractivity contribution in [2.45, 2.75) is 19.4 Å². The Kier molecular flexibility index (Phi) is 6.58. The number of nitrogens with one attached hydrogen (secondary N) is 1. The molecule has 2 aliphatic heterocycles. The first-order valence-corrected chi connectivity index (χ1v) is 12.0. The molecule has 0 radical (unpaired) electrons. The smallest absolute Gasteiger partial charge is 0.255 e. The summed E-state index contributed by atoms with van der Waals surface area (Å²) in [5.74, 6) is -0.00326. The maximum atomic E-state index is 12.7. The number of amides is 2. The van der Waals surface area contributed by atoms with Gasteiger partial charge in [0, 0.05) is 68.3 Å². The monoisotopic (exact) mass is 454 g/mol. The first kappa shape index (κ1) is 22.2. The third kappa shape index (κ3) is 5.13. The quantitative estimate of drug-likeness (QED) is 0.600. The number of benzene rings is 3. The molecule has 0 aromatic heterocycles. The second-order valence-electron chi connectivity index (χ2n) is 8.95. The normalized spacial score (nSPS) is 16.6. The molecule has 2 aliphatic rings. The summed E-state index contributed by atoms with van der Waals surface area (Å²) >= 11 is 0. The summed E-state index contributed by atoms with van der Waals surface area (Å²) in [6.45, 7) is 5.79. The molecule has 0 aliphatic carbocycles. The fourth-order valence-electron chi connectivity index (χ4n) is 4.68. The minimum absolute atomic E-state index is 0.148. The molecule has 0 spiro atoms. The largest absolute Gasteiger partial charge is 0.369 e. The van der Waals surface area contributed by atoms with E-state index in [9.17, 15) is 9.59 Å². The van der Waals surface area contributed by atoms with Crippen LogP contribution in [0.3, 0.4) is 0 Å². The van der Waals surface area contributed by atoms with Crippen LogP contribution in [0, 0.1) is 0 Å². The minimum Gasteiger partial charge on any atom is -0.369 e. The lowest BCUT2D eigenvalue weighted by molar-refractivity contribution is -0.117. The maximum absolute atomic E-state index is 12.7. The average molecular weight is 455 g/mol. The Balaban J connectivity index is 1.13. The number of piperazine rings is 1. The molecule has 34 heavy (non-hydrogen) atoms. The summed E-state index contributed by atoms with van der Waals surface area (Å²) < 4.78 is 0.